The molecule has 2 saturated heterocycles. The highest BCUT2D eigenvalue weighted by molar-refractivity contribution is 6.01. The van der Waals surface area contributed by atoms with Gasteiger partial charge in [0.1, 0.15) is 72.1 Å². The quantitative estimate of drug-likeness (QED) is 0.131. The van der Waals surface area contributed by atoms with Crippen LogP contribution in [-0.4, -0.2) is 288 Å². The van der Waals surface area contributed by atoms with Gasteiger partial charge < -0.3 is 64.8 Å². The van der Waals surface area contributed by atoms with E-state index in [1.54, 1.807) is 39.8 Å². The van der Waals surface area contributed by atoms with Crippen molar-refractivity contribution in [3.05, 3.63) is 12.2 Å². The predicted molar refractivity (Wildman–Crippen MR) is 384 cm³/mol. The molecule has 12 amide bonds. The van der Waals surface area contributed by atoms with Gasteiger partial charge in [-0.1, -0.05) is 51.7 Å². The van der Waals surface area contributed by atoms with Crippen LogP contribution in [0.15, 0.2) is 12.2 Å². The number of hydrogen-bond donors (Lipinski definition) is 3. The van der Waals surface area contributed by atoms with Crippen molar-refractivity contribution in [2.75, 3.05) is 88.7 Å². The lowest BCUT2D eigenvalue weighted by Crippen LogP contribution is -2.68. The minimum absolute atomic E-state index is 0.00216. The van der Waals surface area contributed by atoms with E-state index in [0.717, 1.165) is 24.5 Å². The molecule has 0 aromatic heterocycles. The molecule has 2 bridgehead atoms. The van der Waals surface area contributed by atoms with E-state index in [1.807, 2.05) is 0 Å². The molecule has 8 rings (SSSR count). The highest BCUT2D eigenvalue weighted by Gasteiger charge is 2.56. The maximum absolute atomic E-state index is 15.6. The van der Waals surface area contributed by atoms with Crippen LogP contribution < -0.4 is 16.0 Å². The molecule has 3 aliphatic heterocycles. The van der Waals surface area contributed by atoms with E-state index in [-0.39, 0.29) is 96.9 Å². The standard InChI is InChI=1S/C76H116F8N12O13/c1-12-44(4)62-71(106)90(7)43-60(99)91(8)54-26-16-15-19-35-95(70(54)105)57(38-45-27-30-49(31-28-45)75(79,80)81)69(104)89(6)42-58(97)85-53(32-29-46-36-51(77)61(52(78)37-46)76(82,83)84)67(102)96-41-50(109-14-3)39-55(96)65(100)87-74(33-21-34-74)73(108)94(11)64(48-22-17-18-23-48)72(107)92(9)56(68(103)88(5)13-2)40-59(98)93(10)63(66(101)86-62)47-24-20-25-47/h15-16,44-57,61-64H,12-14,17-43H2,1-11H3,(H,85,97)(H,86,101)(H,87,100)/b16-15-/t44-,45?,46?,49?,50+,51?,52?,53-,54-,55-,56-,57-,61?,62-,63-,64-/m0/s1. The molecule has 3 N–H and O–H groups in total. The zero-order chi connectivity index (χ0) is 80.5. The van der Waals surface area contributed by atoms with Crippen molar-refractivity contribution >= 4 is 70.9 Å². The number of nitrogens with zero attached hydrogens (tertiary/aromatic N) is 9. The van der Waals surface area contributed by atoms with Crippen LogP contribution in [0.1, 0.15) is 182 Å². The Bertz CT molecular complexity index is 3280. The van der Waals surface area contributed by atoms with Crippen LogP contribution in [0.25, 0.3) is 0 Å². The van der Waals surface area contributed by atoms with Crippen LogP contribution in [-0.2, 0) is 62.3 Å². The molecule has 1 spiro atoms. The monoisotopic (exact) mass is 1560 g/mol. The van der Waals surface area contributed by atoms with Gasteiger partial charge in [0, 0.05) is 82.0 Å². The summed E-state index contributed by atoms with van der Waals surface area (Å²) in [5, 5.41) is 8.48. The molecule has 614 valence electrons. The fourth-order valence-corrected chi connectivity index (χ4v) is 17.7. The Balaban J connectivity index is 1.20. The van der Waals surface area contributed by atoms with Gasteiger partial charge in [-0.2, -0.15) is 26.3 Å². The van der Waals surface area contributed by atoms with Crippen molar-refractivity contribution in [2.45, 2.75) is 266 Å². The van der Waals surface area contributed by atoms with Gasteiger partial charge in [0.05, 0.1) is 31.5 Å². The predicted octanol–water partition coefficient (Wildman–Crippen LogP) is 6.50. The molecule has 12 atom stereocenters. The Kier molecular flexibility index (Phi) is 30.0. The number of fused-ring (bicyclic) bond motifs is 3. The Labute approximate surface area is 634 Å². The largest absolute Gasteiger partial charge is 0.397 e. The zero-order valence-electron chi connectivity index (χ0n) is 65.1. The summed E-state index contributed by atoms with van der Waals surface area (Å²) in [6, 6.07) is -11.2. The van der Waals surface area contributed by atoms with Crippen LogP contribution >= 0.6 is 0 Å². The summed E-state index contributed by atoms with van der Waals surface area (Å²) < 4.78 is 121. The third-order valence-electron chi connectivity index (χ3n) is 25.1. The van der Waals surface area contributed by atoms with E-state index < -0.39 is 236 Å². The van der Waals surface area contributed by atoms with Crippen LogP contribution in [0.4, 0.5) is 35.1 Å². The fraction of sp³-hybridized carbons (Fsp3) is 0.816. The van der Waals surface area contributed by atoms with E-state index in [2.05, 4.69) is 16.0 Å². The minimum atomic E-state index is -5.22. The molecular weight excluding hydrogens is 1440 g/mol. The first kappa shape index (κ1) is 87.4. The van der Waals surface area contributed by atoms with Crippen molar-refractivity contribution in [3.63, 3.8) is 0 Å². The summed E-state index contributed by atoms with van der Waals surface area (Å²) in [4.78, 5) is 192. The number of nitrogens with one attached hydrogen (secondary N) is 3. The number of likely N-dealkylation sites (N-methyl/N-ethyl adjacent to an activating group) is 7. The summed E-state index contributed by atoms with van der Waals surface area (Å²) in [6.07, 6.45) is -11.4. The van der Waals surface area contributed by atoms with Crippen LogP contribution in [0.2, 0.25) is 0 Å². The Morgan fingerprint density at radius 2 is 1.24 bits per heavy atom. The molecule has 0 aromatic rings. The molecule has 33 heteroatoms. The minimum Gasteiger partial charge on any atom is -0.377 e. The summed E-state index contributed by atoms with van der Waals surface area (Å²) in [6.45, 7) is 5.15. The van der Waals surface area contributed by atoms with Crippen molar-refractivity contribution < 1.29 is 97.4 Å². The second-order valence-electron chi connectivity index (χ2n) is 32.3. The van der Waals surface area contributed by atoms with Crippen molar-refractivity contribution in [1.82, 2.24) is 60.0 Å². The van der Waals surface area contributed by atoms with E-state index in [4.69, 9.17) is 4.74 Å². The van der Waals surface area contributed by atoms with Crippen LogP contribution in [0, 0.1) is 41.4 Å². The second-order valence-corrected chi connectivity index (χ2v) is 32.3. The highest BCUT2D eigenvalue weighted by atomic mass is 19.4. The molecule has 8 aliphatic rings. The molecule has 0 aromatic carbocycles. The lowest BCUT2D eigenvalue weighted by atomic mass is 9.74. The highest BCUT2D eigenvalue weighted by Crippen LogP contribution is 2.46. The summed E-state index contributed by atoms with van der Waals surface area (Å²) >= 11 is 0. The number of carbonyl (C=O) groups is 12. The zero-order valence-corrected chi connectivity index (χ0v) is 65.1. The molecule has 2 unspecified atom stereocenters. The van der Waals surface area contributed by atoms with E-state index in [0.29, 0.717) is 57.8 Å². The first-order valence-electron chi connectivity index (χ1n) is 39.3. The molecule has 3 heterocycles. The van der Waals surface area contributed by atoms with E-state index >= 15 is 47.1 Å². The van der Waals surface area contributed by atoms with Gasteiger partial charge in [0.2, 0.25) is 70.9 Å². The van der Waals surface area contributed by atoms with E-state index in [9.17, 15) is 45.5 Å². The topological polar surface area (TPSA) is 279 Å². The maximum Gasteiger partial charge on any atom is 0.397 e. The van der Waals surface area contributed by atoms with Gasteiger partial charge in [0.25, 0.3) is 0 Å². The number of rotatable bonds is 13. The van der Waals surface area contributed by atoms with E-state index in [1.165, 1.54) is 68.9 Å². The van der Waals surface area contributed by atoms with Gasteiger partial charge in [-0.3, -0.25) is 57.5 Å². The number of amides is 12. The molecule has 5 aliphatic carbocycles. The van der Waals surface area contributed by atoms with Gasteiger partial charge >= 0.3 is 12.4 Å². The fourth-order valence-electron chi connectivity index (χ4n) is 17.7. The lowest BCUT2D eigenvalue weighted by Gasteiger charge is -2.47. The molecule has 0 radical (unpaired) electrons. The van der Waals surface area contributed by atoms with Gasteiger partial charge in [-0.15, -0.1) is 0 Å². The Hall–Kier alpha value is -7.22. The number of hydrogen-bond acceptors (Lipinski definition) is 13. The van der Waals surface area contributed by atoms with Gasteiger partial charge in [-0.05, 0) is 159 Å². The molecule has 7 fully saturated rings. The third-order valence-corrected chi connectivity index (χ3v) is 25.1. The first-order chi connectivity index (χ1) is 51.3. The molecular formula is C76H116F8N12O13. The van der Waals surface area contributed by atoms with Gasteiger partial charge in [0.15, 0.2) is 0 Å². The summed E-state index contributed by atoms with van der Waals surface area (Å²) in [5.41, 5.74) is -1.69. The number of halogens is 8. The van der Waals surface area contributed by atoms with Crippen molar-refractivity contribution in [2.24, 2.45) is 41.4 Å². The number of carbonyl (C=O) groups excluding carboxylic acids is 12. The van der Waals surface area contributed by atoms with Crippen LogP contribution in [0.3, 0.4) is 0 Å². The molecule has 109 heavy (non-hydrogen) atoms. The molecule has 25 nitrogen and oxygen atoms in total. The average Bonchev–Trinajstić information content (AvgIpc) is 1.74. The maximum atomic E-state index is 15.6. The average molecular weight is 1560 g/mol. The van der Waals surface area contributed by atoms with Crippen LogP contribution in [0.5, 0.6) is 0 Å². The number of alkyl halides is 8. The van der Waals surface area contributed by atoms with Crippen molar-refractivity contribution in [3.8, 4) is 0 Å². The summed E-state index contributed by atoms with van der Waals surface area (Å²) in [5.74, 6) is -17.0. The number of ether oxygens (including phenoxy) is 1. The Morgan fingerprint density at radius 1 is 0.624 bits per heavy atom. The lowest BCUT2D eigenvalue weighted by molar-refractivity contribution is -0.219. The summed E-state index contributed by atoms with van der Waals surface area (Å²) in [7, 11) is 9.60. The van der Waals surface area contributed by atoms with Crippen molar-refractivity contribution in [1.29, 1.82) is 0 Å². The second kappa shape index (κ2) is 37.4. The normalized spacial score (nSPS) is 32.5. The SMILES string of the molecule is CCO[C@@H]1C[C@H]2C(=O)NC3(CCC3)C(=O)N(C)[C@@H](C3CCCC3)C(=O)N(C)[C@H](C(=O)N(C)CC)CC(=O)N(C)[C@@H](C3CCC3)C(=O)N[C@@H]([C@@H](C)CC)C(=O)N(C)CC(=O)N(C)[C@H]3C/C=C\CCN(C3=O)[C@@H](CC3CCC(C(F)(F)F)CC3)C(=O)N(C)CC(=O)N[C@@H](CCC3CC(F)C(C(F)(F)F)C(F)C3)C(=O)N2C1. The Morgan fingerprint density at radius 3 is 1.80 bits per heavy atom. The smallest absolute Gasteiger partial charge is 0.377 e. The third kappa shape index (κ3) is 20.5. The molecule has 5 saturated carbocycles. The van der Waals surface area contributed by atoms with Gasteiger partial charge in [-0.25, -0.2) is 8.78 Å². The first-order valence-corrected chi connectivity index (χ1v) is 39.3.